The van der Waals surface area contributed by atoms with Crippen LogP contribution in [-0.2, 0) is 6.42 Å². The Morgan fingerprint density at radius 3 is 2.82 bits per heavy atom. The smallest absolute Gasteiger partial charge is 0.248 e. The first kappa shape index (κ1) is 12.1. The number of carbonyl (C=O) groups is 1. The molecule has 0 bridgehead atoms. The van der Waals surface area contributed by atoms with Crippen LogP contribution in [0.4, 0.5) is 0 Å². The molecule has 2 atom stereocenters. The average Bonchev–Trinajstić information content (AvgIpc) is 2.29. The van der Waals surface area contributed by atoms with Crippen LogP contribution in [0.2, 0.25) is 0 Å². The topological polar surface area (TPSA) is 63.3 Å². The lowest BCUT2D eigenvalue weighted by Crippen LogP contribution is -2.22. The zero-order valence-electron chi connectivity index (χ0n) is 9.93. The van der Waals surface area contributed by atoms with Crippen LogP contribution < -0.4 is 5.73 Å². The predicted octanol–water partition coefficient (Wildman–Crippen LogP) is 1.88. The van der Waals surface area contributed by atoms with Gasteiger partial charge in [0.1, 0.15) is 0 Å². The summed E-state index contributed by atoms with van der Waals surface area (Å²) >= 11 is 0. The van der Waals surface area contributed by atoms with Crippen molar-refractivity contribution in [2.75, 3.05) is 0 Å². The summed E-state index contributed by atoms with van der Waals surface area (Å²) in [5.41, 5.74) is 6.99. The van der Waals surface area contributed by atoms with Gasteiger partial charge in [-0.25, -0.2) is 0 Å². The van der Waals surface area contributed by atoms with E-state index in [1.165, 1.54) is 0 Å². The zero-order chi connectivity index (χ0) is 12.3. The Hall–Kier alpha value is -1.35. The van der Waals surface area contributed by atoms with Crippen molar-refractivity contribution in [2.45, 2.75) is 38.2 Å². The molecular weight excluding hydrogens is 214 g/mol. The number of benzene rings is 1. The van der Waals surface area contributed by atoms with Crippen LogP contribution >= 0.6 is 0 Å². The van der Waals surface area contributed by atoms with E-state index in [1.807, 2.05) is 18.2 Å². The van der Waals surface area contributed by atoms with Crippen molar-refractivity contribution in [3.05, 3.63) is 35.4 Å². The van der Waals surface area contributed by atoms with Crippen LogP contribution in [0, 0.1) is 5.92 Å². The number of amides is 1. The molecule has 0 radical (unpaired) electrons. The van der Waals surface area contributed by atoms with Gasteiger partial charge in [0.25, 0.3) is 0 Å². The van der Waals surface area contributed by atoms with Crippen molar-refractivity contribution >= 4 is 5.91 Å². The van der Waals surface area contributed by atoms with Crippen LogP contribution in [-0.4, -0.2) is 17.1 Å². The highest BCUT2D eigenvalue weighted by molar-refractivity contribution is 5.94. The fourth-order valence-corrected chi connectivity index (χ4v) is 2.70. The molecule has 1 saturated carbocycles. The molecule has 1 aromatic carbocycles. The third-order valence-electron chi connectivity index (χ3n) is 3.55. The summed E-state index contributed by atoms with van der Waals surface area (Å²) in [6.07, 6.45) is 4.63. The van der Waals surface area contributed by atoms with E-state index in [0.717, 1.165) is 37.7 Å². The van der Waals surface area contributed by atoms with Crippen LogP contribution in [0.25, 0.3) is 0 Å². The van der Waals surface area contributed by atoms with E-state index in [1.54, 1.807) is 6.07 Å². The van der Waals surface area contributed by atoms with Gasteiger partial charge in [0.2, 0.25) is 5.91 Å². The highest BCUT2D eigenvalue weighted by atomic mass is 16.3. The Labute approximate surface area is 102 Å². The quantitative estimate of drug-likeness (QED) is 0.837. The number of aliphatic hydroxyl groups excluding tert-OH is 1. The molecule has 1 aliphatic carbocycles. The number of rotatable bonds is 3. The van der Waals surface area contributed by atoms with Gasteiger partial charge >= 0.3 is 0 Å². The molecule has 92 valence electrons. The van der Waals surface area contributed by atoms with E-state index < -0.39 is 0 Å². The van der Waals surface area contributed by atoms with Crippen molar-refractivity contribution < 1.29 is 9.90 Å². The first-order chi connectivity index (χ1) is 8.16. The fraction of sp³-hybridized carbons (Fsp3) is 0.500. The first-order valence-electron chi connectivity index (χ1n) is 6.22. The van der Waals surface area contributed by atoms with Gasteiger partial charge in [-0.3, -0.25) is 4.79 Å². The van der Waals surface area contributed by atoms with Gasteiger partial charge in [0.05, 0.1) is 6.10 Å². The monoisotopic (exact) mass is 233 g/mol. The minimum Gasteiger partial charge on any atom is -0.393 e. The summed E-state index contributed by atoms with van der Waals surface area (Å²) in [4.78, 5) is 11.3. The van der Waals surface area contributed by atoms with Crippen LogP contribution in [0.1, 0.15) is 41.6 Å². The average molecular weight is 233 g/mol. The lowest BCUT2D eigenvalue weighted by Gasteiger charge is -2.26. The molecule has 0 saturated heterocycles. The minimum absolute atomic E-state index is 0.172. The largest absolute Gasteiger partial charge is 0.393 e. The van der Waals surface area contributed by atoms with Crippen molar-refractivity contribution in [3.63, 3.8) is 0 Å². The molecule has 17 heavy (non-hydrogen) atoms. The number of hydrogen-bond acceptors (Lipinski definition) is 2. The maximum atomic E-state index is 11.3. The Morgan fingerprint density at radius 1 is 1.35 bits per heavy atom. The minimum atomic E-state index is -0.364. The summed E-state index contributed by atoms with van der Waals surface area (Å²) in [5.74, 6) is 0.108. The molecule has 1 fully saturated rings. The molecule has 0 heterocycles. The highest BCUT2D eigenvalue weighted by Crippen LogP contribution is 2.28. The van der Waals surface area contributed by atoms with Crippen molar-refractivity contribution in [1.82, 2.24) is 0 Å². The van der Waals surface area contributed by atoms with Gasteiger partial charge < -0.3 is 10.8 Å². The van der Waals surface area contributed by atoms with Gasteiger partial charge in [-0.05, 0) is 43.2 Å². The first-order valence-corrected chi connectivity index (χ1v) is 6.22. The molecule has 1 aliphatic rings. The van der Waals surface area contributed by atoms with Crippen LogP contribution in [0.15, 0.2) is 24.3 Å². The number of primary amides is 1. The molecule has 2 unspecified atom stereocenters. The number of aliphatic hydroxyl groups is 1. The molecule has 2 rings (SSSR count). The van der Waals surface area contributed by atoms with Gasteiger partial charge in [-0.1, -0.05) is 24.6 Å². The van der Waals surface area contributed by atoms with Crippen LogP contribution in [0.5, 0.6) is 0 Å². The molecule has 1 amide bonds. The van der Waals surface area contributed by atoms with E-state index >= 15 is 0 Å². The Balaban J connectivity index is 2.10. The van der Waals surface area contributed by atoms with Crippen molar-refractivity contribution in [1.29, 1.82) is 0 Å². The predicted molar refractivity (Wildman–Crippen MR) is 66.6 cm³/mol. The van der Waals surface area contributed by atoms with E-state index in [-0.39, 0.29) is 12.0 Å². The fourth-order valence-electron chi connectivity index (χ4n) is 2.70. The van der Waals surface area contributed by atoms with Crippen LogP contribution in [0.3, 0.4) is 0 Å². The van der Waals surface area contributed by atoms with E-state index in [0.29, 0.717) is 11.5 Å². The maximum absolute atomic E-state index is 11.3. The zero-order valence-corrected chi connectivity index (χ0v) is 9.93. The molecular formula is C14H19NO2. The molecule has 0 aromatic heterocycles. The van der Waals surface area contributed by atoms with E-state index in [4.69, 9.17) is 5.73 Å². The van der Waals surface area contributed by atoms with Gasteiger partial charge in [-0.15, -0.1) is 0 Å². The third kappa shape index (κ3) is 3.07. The molecule has 3 N–H and O–H groups in total. The molecule has 0 aliphatic heterocycles. The van der Waals surface area contributed by atoms with E-state index in [9.17, 15) is 9.90 Å². The standard InChI is InChI=1S/C14H19NO2/c15-14(17)13-7-2-1-5-11(13)8-10-4-3-6-12(16)9-10/h1-2,5,7,10,12,16H,3-4,6,8-9H2,(H2,15,17). The summed E-state index contributed by atoms with van der Waals surface area (Å²) in [5, 5.41) is 9.64. The Bertz CT molecular complexity index is 403. The van der Waals surface area contributed by atoms with Gasteiger partial charge in [0, 0.05) is 5.56 Å². The lowest BCUT2D eigenvalue weighted by molar-refractivity contribution is 0.0990. The van der Waals surface area contributed by atoms with Gasteiger partial charge in [-0.2, -0.15) is 0 Å². The second-order valence-corrected chi connectivity index (χ2v) is 4.91. The number of carbonyl (C=O) groups excluding carboxylic acids is 1. The van der Waals surface area contributed by atoms with Gasteiger partial charge in [0.15, 0.2) is 0 Å². The summed E-state index contributed by atoms with van der Waals surface area (Å²) in [7, 11) is 0. The van der Waals surface area contributed by atoms with E-state index in [2.05, 4.69) is 0 Å². The lowest BCUT2D eigenvalue weighted by atomic mass is 9.82. The Kier molecular flexibility index (Phi) is 3.79. The summed E-state index contributed by atoms with van der Waals surface area (Å²) < 4.78 is 0. The normalized spacial score (nSPS) is 24.5. The van der Waals surface area contributed by atoms with Crippen molar-refractivity contribution in [3.8, 4) is 0 Å². The molecule has 0 spiro atoms. The molecule has 3 heteroatoms. The summed E-state index contributed by atoms with van der Waals surface area (Å²) in [6.45, 7) is 0. The number of nitrogens with two attached hydrogens (primary N) is 1. The SMILES string of the molecule is NC(=O)c1ccccc1CC1CCCC(O)C1. The highest BCUT2D eigenvalue weighted by Gasteiger charge is 2.21. The van der Waals surface area contributed by atoms with Crippen molar-refractivity contribution in [2.24, 2.45) is 11.7 Å². The second kappa shape index (κ2) is 5.32. The number of hydrogen-bond donors (Lipinski definition) is 2. The third-order valence-corrected chi connectivity index (χ3v) is 3.55. The maximum Gasteiger partial charge on any atom is 0.248 e. The molecule has 3 nitrogen and oxygen atoms in total. The molecule has 1 aromatic rings. The summed E-state index contributed by atoms with van der Waals surface area (Å²) in [6, 6.07) is 7.50. The Morgan fingerprint density at radius 2 is 2.12 bits per heavy atom. The second-order valence-electron chi connectivity index (χ2n) is 4.91.